The summed E-state index contributed by atoms with van der Waals surface area (Å²) in [6.07, 6.45) is 0. The second kappa shape index (κ2) is 8.05. The Bertz CT molecular complexity index is 959. The molecule has 5 heteroatoms. The molecule has 5 nitrogen and oxygen atoms in total. The summed E-state index contributed by atoms with van der Waals surface area (Å²) in [5, 5.41) is 3.54. The average Bonchev–Trinajstić information content (AvgIpc) is 2.77. The highest BCUT2D eigenvalue weighted by Gasteiger charge is 2.28. The van der Waals surface area contributed by atoms with Crippen LogP contribution >= 0.6 is 0 Å². The van der Waals surface area contributed by atoms with E-state index in [-0.39, 0.29) is 18.6 Å². The molecule has 1 heterocycles. The van der Waals surface area contributed by atoms with Gasteiger partial charge in [0.25, 0.3) is 5.91 Å². The molecule has 0 radical (unpaired) electrons. The molecule has 0 aliphatic carbocycles. The molecular weight excluding hydrogens is 352 g/mol. The first-order valence-electron chi connectivity index (χ1n) is 9.22. The third-order valence-electron chi connectivity index (χ3n) is 4.80. The Labute approximate surface area is 164 Å². The molecule has 0 saturated carbocycles. The van der Waals surface area contributed by atoms with Gasteiger partial charge >= 0.3 is 0 Å². The number of nitrogens with zero attached hydrogens (tertiary/aromatic N) is 1. The number of rotatable bonds is 5. The summed E-state index contributed by atoms with van der Waals surface area (Å²) in [5.41, 5.74) is 2.95. The van der Waals surface area contributed by atoms with Crippen molar-refractivity contribution in [2.24, 2.45) is 0 Å². The summed E-state index contributed by atoms with van der Waals surface area (Å²) in [5.74, 6) is 1.22. The van der Waals surface area contributed by atoms with Gasteiger partial charge < -0.3 is 19.7 Å². The molecule has 1 N–H and O–H groups in total. The number of nitrogens with one attached hydrogen (secondary N) is 1. The Balaban J connectivity index is 1.53. The van der Waals surface area contributed by atoms with E-state index in [9.17, 15) is 4.79 Å². The maximum atomic E-state index is 13.0. The molecule has 0 spiro atoms. The summed E-state index contributed by atoms with van der Waals surface area (Å²) in [6, 6.07) is 25.3. The Morgan fingerprint density at radius 1 is 1.00 bits per heavy atom. The molecule has 142 valence electrons. The lowest BCUT2D eigenvalue weighted by molar-refractivity contribution is -0.120. The molecular formula is C23H22N2O3. The van der Waals surface area contributed by atoms with E-state index in [1.165, 1.54) is 0 Å². The van der Waals surface area contributed by atoms with E-state index in [2.05, 4.69) is 17.4 Å². The van der Waals surface area contributed by atoms with Crippen molar-refractivity contribution in [3.05, 3.63) is 84.4 Å². The zero-order valence-corrected chi connectivity index (χ0v) is 15.7. The van der Waals surface area contributed by atoms with Crippen LogP contribution in [-0.2, 0) is 4.79 Å². The quantitative estimate of drug-likeness (QED) is 0.724. The fourth-order valence-electron chi connectivity index (χ4n) is 3.37. The fourth-order valence-corrected chi connectivity index (χ4v) is 3.37. The van der Waals surface area contributed by atoms with Crippen LogP contribution in [0.2, 0.25) is 0 Å². The Kier molecular flexibility index (Phi) is 5.15. The summed E-state index contributed by atoms with van der Waals surface area (Å²) in [6.45, 7) is 0.504. The number of para-hydroxylation sites is 2. The Morgan fingerprint density at radius 3 is 2.57 bits per heavy atom. The number of benzene rings is 3. The zero-order valence-electron chi connectivity index (χ0n) is 15.7. The van der Waals surface area contributed by atoms with Crippen molar-refractivity contribution in [2.45, 2.75) is 6.04 Å². The summed E-state index contributed by atoms with van der Waals surface area (Å²) < 4.78 is 10.9. The van der Waals surface area contributed by atoms with Crippen LogP contribution in [0.25, 0.3) is 0 Å². The Hall–Kier alpha value is -3.47. The lowest BCUT2D eigenvalue weighted by Gasteiger charge is -2.36. The maximum absolute atomic E-state index is 13.0. The fraction of sp³-hybridized carbons (Fsp3) is 0.174. The van der Waals surface area contributed by atoms with Crippen molar-refractivity contribution >= 4 is 17.3 Å². The summed E-state index contributed by atoms with van der Waals surface area (Å²) in [7, 11) is 1.60. The van der Waals surface area contributed by atoms with E-state index in [4.69, 9.17) is 9.47 Å². The van der Waals surface area contributed by atoms with E-state index in [0.717, 1.165) is 16.9 Å². The van der Waals surface area contributed by atoms with Gasteiger partial charge in [-0.2, -0.15) is 0 Å². The molecule has 0 fully saturated rings. The minimum absolute atomic E-state index is 0.0249. The highest BCUT2D eigenvalue weighted by molar-refractivity contribution is 5.98. The van der Waals surface area contributed by atoms with Gasteiger partial charge in [-0.1, -0.05) is 48.5 Å². The van der Waals surface area contributed by atoms with Crippen LogP contribution in [0.5, 0.6) is 11.5 Å². The molecule has 4 rings (SSSR count). The second-order valence-electron chi connectivity index (χ2n) is 6.60. The lowest BCUT2D eigenvalue weighted by Crippen LogP contribution is -2.43. The molecule has 0 aromatic heterocycles. The van der Waals surface area contributed by atoms with Crippen LogP contribution in [0.4, 0.5) is 11.4 Å². The van der Waals surface area contributed by atoms with Crippen molar-refractivity contribution in [2.75, 3.05) is 30.5 Å². The molecule has 1 aliphatic rings. The number of carbonyl (C=O) groups excluding carboxylic acids is 1. The third-order valence-corrected chi connectivity index (χ3v) is 4.80. The van der Waals surface area contributed by atoms with E-state index < -0.39 is 0 Å². The van der Waals surface area contributed by atoms with Gasteiger partial charge in [-0.15, -0.1) is 0 Å². The molecule has 1 aliphatic heterocycles. The number of methoxy groups -OCH3 is 1. The largest absolute Gasteiger partial charge is 0.497 e. The molecule has 0 bridgehead atoms. The smallest absolute Gasteiger partial charge is 0.265 e. The third kappa shape index (κ3) is 3.78. The topological polar surface area (TPSA) is 50.8 Å². The molecule has 0 saturated heterocycles. The predicted molar refractivity (Wildman–Crippen MR) is 110 cm³/mol. The normalized spacial score (nSPS) is 15.3. The average molecular weight is 374 g/mol. The second-order valence-corrected chi connectivity index (χ2v) is 6.60. The minimum Gasteiger partial charge on any atom is -0.497 e. The minimum atomic E-state index is -0.0855. The molecule has 28 heavy (non-hydrogen) atoms. The highest BCUT2D eigenvalue weighted by atomic mass is 16.5. The standard InChI is InChI=1S/C23H22N2O3/c1-27-18-10-7-11-19(14-18)28-16-23(26)25-15-21(17-8-3-2-4-9-17)24-20-12-5-6-13-22(20)25/h2-14,21,24H,15-16H2,1H3. The molecule has 1 atom stereocenters. The first-order valence-corrected chi connectivity index (χ1v) is 9.22. The summed E-state index contributed by atoms with van der Waals surface area (Å²) in [4.78, 5) is 14.8. The zero-order chi connectivity index (χ0) is 19.3. The number of anilines is 2. The monoisotopic (exact) mass is 374 g/mol. The molecule has 3 aromatic rings. The number of hydrogen-bond donors (Lipinski definition) is 1. The van der Waals surface area contributed by atoms with Crippen molar-refractivity contribution in [1.29, 1.82) is 0 Å². The highest BCUT2D eigenvalue weighted by Crippen LogP contribution is 2.35. The van der Waals surface area contributed by atoms with Crippen LogP contribution in [0.15, 0.2) is 78.9 Å². The maximum Gasteiger partial charge on any atom is 0.265 e. The molecule has 3 aromatic carbocycles. The number of ether oxygens (including phenoxy) is 2. The van der Waals surface area contributed by atoms with Crippen molar-refractivity contribution < 1.29 is 14.3 Å². The number of amides is 1. The van der Waals surface area contributed by atoms with Crippen LogP contribution in [0.3, 0.4) is 0 Å². The first kappa shape index (κ1) is 17.9. The lowest BCUT2D eigenvalue weighted by atomic mass is 10.0. The van der Waals surface area contributed by atoms with Gasteiger partial charge in [0.1, 0.15) is 11.5 Å². The van der Waals surface area contributed by atoms with Gasteiger partial charge in [-0.25, -0.2) is 0 Å². The number of fused-ring (bicyclic) bond motifs is 1. The van der Waals surface area contributed by atoms with Gasteiger partial charge in [-0.3, -0.25) is 4.79 Å². The van der Waals surface area contributed by atoms with Crippen molar-refractivity contribution in [3.63, 3.8) is 0 Å². The van der Waals surface area contributed by atoms with E-state index >= 15 is 0 Å². The van der Waals surface area contributed by atoms with Gasteiger partial charge in [0.15, 0.2) is 6.61 Å². The van der Waals surface area contributed by atoms with Gasteiger partial charge in [0.2, 0.25) is 0 Å². The van der Waals surface area contributed by atoms with E-state index in [1.807, 2.05) is 60.7 Å². The van der Waals surface area contributed by atoms with Crippen LogP contribution in [0, 0.1) is 0 Å². The SMILES string of the molecule is COc1cccc(OCC(=O)N2CC(c3ccccc3)Nc3ccccc32)c1. The van der Waals surface area contributed by atoms with Gasteiger partial charge in [0, 0.05) is 6.07 Å². The molecule has 1 unspecified atom stereocenters. The van der Waals surface area contributed by atoms with Crippen LogP contribution in [0.1, 0.15) is 11.6 Å². The number of hydrogen-bond acceptors (Lipinski definition) is 4. The van der Waals surface area contributed by atoms with Crippen molar-refractivity contribution in [3.8, 4) is 11.5 Å². The van der Waals surface area contributed by atoms with E-state index in [1.54, 1.807) is 18.1 Å². The predicted octanol–water partition coefficient (Wildman–Crippen LogP) is 4.27. The van der Waals surface area contributed by atoms with Crippen LogP contribution < -0.4 is 19.7 Å². The van der Waals surface area contributed by atoms with Gasteiger partial charge in [0.05, 0.1) is 31.1 Å². The number of carbonyl (C=O) groups is 1. The van der Waals surface area contributed by atoms with Crippen LogP contribution in [-0.4, -0.2) is 26.2 Å². The molecule has 1 amide bonds. The Morgan fingerprint density at radius 2 is 1.75 bits per heavy atom. The first-order chi connectivity index (χ1) is 13.7. The van der Waals surface area contributed by atoms with Crippen molar-refractivity contribution in [1.82, 2.24) is 0 Å². The van der Waals surface area contributed by atoms with Gasteiger partial charge in [-0.05, 0) is 29.8 Å². The van der Waals surface area contributed by atoms with E-state index in [0.29, 0.717) is 18.0 Å². The summed E-state index contributed by atoms with van der Waals surface area (Å²) >= 11 is 0.